The molecule has 0 radical (unpaired) electrons. The maximum atomic E-state index is 10.6. The second-order valence-electron chi connectivity index (χ2n) is 6.75. The molecule has 2 heterocycles. The summed E-state index contributed by atoms with van der Waals surface area (Å²) in [4.78, 5) is 23.8. The van der Waals surface area contributed by atoms with Crippen LogP contribution in [0.1, 0.15) is 24.0 Å². The van der Waals surface area contributed by atoms with Gasteiger partial charge in [0.15, 0.2) is 11.0 Å². The van der Waals surface area contributed by atoms with Crippen molar-refractivity contribution >= 4 is 46.2 Å². The zero-order chi connectivity index (χ0) is 21.1. The Kier molecular flexibility index (Phi) is 6.21. The van der Waals surface area contributed by atoms with Gasteiger partial charge in [-0.2, -0.15) is 9.97 Å². The maximum absolute atomic E-state index is 10.6. The van der Waals surface area contributed by atoms with Crippen molar-refractivity contribution in [2.75, 3.05) is 18.1 Å². The van der Waals surface area contributed by atoms with Gasteiger partial charge in [0.25, 0.3) is 0 Å². The highest BCUT2D eigenvalue weighted by molar-refractivity contribution is 7.99. The van der Waals surface area contributed by atoms with Gasteiger partial charge in [-0.3, -0.25) is 0 Å². The molecule has 0 unspecified atom stereocenters. The molecule has 30 heavy (non-hydrogen) atoms. The van der Waals surface area contributed by atoms with Crippen LogP contribution in [0.15, 0.2) is 29.4 Å². The maximum Gasteiger partial charge on any atom is 0.404 e. The van der Waals surface area contributed by atoms with Gasteiger partial charge >= 0.3 is 6.09 Å². The summed E-state index contributed by atoms with van der Waals surface area (Å²) in [5.74, 6) is 1.32. The number of anilines is 1. The molecule has 3 aromatic rings. The lowest BCUT2D eigenvalue weighted by molar-refractivity contribution is 0.103. The van der Waals surface area contributed by atoms with Crippen LogP contribution < -0.4 is 11.5 Å². The van der Waals surface area contributed by atoms with Crippen LogP contribution in [-0.4, -0.2) is 33.4 Å². The van der Waals surface area contributed by atoms with Crippen LogP contribution in [0.4, 0.5) is 10.7 Å². The van der Waals surface area contributed by atoms with Crippen molar-refractivity contribution in [1.29, 1.82) is 0 Å². The SMILES string of the molecule is NC(=O)OCCCCSc1nc(N)nc(-c2c(Cl)cc3c4c(cccc24)COC3)n1. The van der Waals surface area contributed by atoms with Gasteiger partial charge in [0.1, 0.15) is 0 Å². The number of aromatic nitrogens is 3. The van der Waals surface area contributed by atoms with Crippen LogP contribution in [0.25, 0.3) is 22.2 Å². The van der Waals surface area contributed by atoms with Gasteiger partial charge in [0.2, 0.25) is 5.95 Å². The van der Waals surface area contributed by atoms with E-state index >= 15 is 0 Å². The minimum absolute atomic E-state index is 0.138. The second-order valence-corrected chi connectivity index (χ2v) is 8.22. The van der Waals surface area contributed by atoms with Gasteiger partial charge in [-0.15, -0.1) is 0 Å². The lowest BCUT2D eigenvalue weighted by Gasteiger charge is -2.20. The molecule has 0 spiro atoms. The van der Waals surface area contributed by atoms with Crippen molar-refractivity contribution in [3.05, 3.63) is 40.4 Å². The number of nitrogen functional groups attached to an aromatic ring is 1. The molecule has 2 aromatic carbocycles. The van der Waals surface area contributed by atoms with Crippen molar-refractivity contribution in [3.8, 4) is 11.4 Å². The molecule has 4 rings (SSSR count). The van der Waals surface area contributed by atoms with Crippen LogP contribution in [0, 0.1) is 0 Å². The van der Waals surface area contributed by atoms with Crippen molar-refractivity contribution < 1.29 is 14.3 Å². The largest absolute Gasteiger partial charge is 0.450 e. The van der Waals surface area contributed by atoms with Crippen molar-refractivity contribution in [3.63, 3.8) is 0 Å². The van der Waals surface area contributed by atoms with Gasteiger partial charge in [-0.25, -0.2) is 9.78 Å². The first-order chi connectivity index (χ1) is 14.5. The molecule has 156 valence electrons. The van der Waals surface area contributed by atoms with E-state index in [1.807, 2.05) is 24.3 Å². The highest BCUT2D eigenvalue weighted by Gasteiger charge is 2.20. The molecule has 10 heteroatoms. The summed E-state index contributed by atoms with van der Waals surface area (Å²) < 4.78 is 10.4. The molecule has 8 nitrogen and oxygen atoms in total. The van der Waals surface area contributed by atoms with Crippen molar-refractivity contribution in [1.82, 2.24) is 15.0 Å². The number of unbranched alkanes of at least 4 members (excludes halogenated alkanes) is 1. The zero-order valence-corrected chi connectivity index (χ0v) is 17.6. The quantitative estimate of drug-likeness (QED) is 0.413. The van der Waals surface area contributed by atoms with Crippen LogP contribution in [0.2, 0.25) is 5.02 Å². The summed E-state index contributed by atoms with van der Waals surface area (Å²) in [6, 6.07) is 7.95. The predicted molar refractivity (Wildman–Crippen MR) is 116 cm³/mol. The van der Waals surface area contributed by atoms with Gasteiger partial charge < -0.3 is 20.9 Å². The summed E-state index contributed by atoms with van der Waals surface area (Å²) in [5.41, 5.74) is 13.8. The Morgan fingerprint density at radius 2 is 2.03 bits per heavy atom. The van der Waals surface area contributed by atoms with E-state index < -0.39 is 6.09 Å². The first-order valence-corrected chi connectivity index (χ1v) is 10.8. The third kappa shape index (κ3) is 4.43. The number of hydrogen-bond donors (Lipinski definition) is 2. The highest BCUT2D eigenvalue weighted by atomic mass is 35.5. The van der Waals surface area contributed by atoms with E-state index in [0.29, 0.717) is 42.2 Å². The van der Waals surface area contributed by atoms with E-state index in [9.17, 15) is 4.79 Å². The first kappa shape index (κ1) is 20.6. The highest BCUT2D eigenvalue weighted by Crippen LogP contribution is 2.39. The Balaban J connectivity index is 1.61. The molecule has 4 N–H and O–H groups in total. The Bertz CT molecular complexity index is 1110. The zero-order valence-electron chi connectivity index (χ0n) is 16.1. The number of hydrogen-bond acceptors (Lipinski definition) is 8. The number of halogens is 1. The average molecular weight is 446 g/mol. The minimum atomic E-state index is -0.762. The van der Waals surface area contributed by atoms with Gasteiger partial charge in [-0.1, -0.05) is 41.6 Å². The smallest absolute Gasteiger partial charge is 0.404 e. The molecule has 0 atom stereocenters. The van der Waals surface area contributed by atoms with E-state index in [4.69, 9.17) is 32.5 Å². The number of benzene rings is 2. The topological polar surface area (TPSA) is 126 Å². The fourth-order valence-corrected chi connectivity index (χ4v) is 4.59. The minimum Gasteiger partial charge on any atom is -0.450 e. The van der Waals surface area contributed by atoms with E-state index in [2.05, 4.69) is 15.0 Å². The Morgan fingerprint density at radius 1 is 1.20 bits per heavy atom. The van der Waals surface area contributed by atoms with Gasteiger partial charge in [-0.05, 0) is 40.8 Å². The Hall–Kier alpha value is -2.62. The van der Waals surface area contributed by atoms with E-state index in [-0.39, 0.29) is 5.95 Å². The fraction of sp³-hybridized carbons (Fsp3) is 0.300. The molecule has 1 aliphatic rings. The monoisotopic (exact) mass is 445 g/mol. The van der Waals surface area contributed by atoms with Crippen molar-refractivity contribution in [2.24, 2.45) is 5.73 Å². The molecule has 0 aliphatic carbocycles. The standard InChI is InChI=1S/C20H20ClN5O3S/c21-14-8-12-10-28-9-11-4-3-5-13(15(11)12)16(14)17-24-18(22)26-20(25-17)30-7-2-1-6-29-19(23)27/h3-5,8H,1-2,6-7,9-10H2,(H2,23,27)(H2,22,24,25,26). The predicted octanol–water partition coefficient (Wildman–Crippen LogP) is 3.93. The summed E-state index contributed by atoms with van der Waals surface area (Å²) >= 11 is 8.09. The number of amides is 1. The molecule has 1 aromatic heterocycles. The molecule has 0 saturated carbocycles. The summed E-state index contributed by atoms with van der Waals surface area (Å²) in [7, 11) is 0. The molecule has 1 amide bonds. The number of nitrogens with two attached hydrogens (primary N) is 2. The van der Waals surface area contributed by atoms with Crippen LogP contribution in [-0.2, 0) is 22.7 Å². The molecular formula is C20H20ClN5O3S. The number of carbonyl (C=O) groups is 1. The van der Waals surface area contributed by atoms with Crippen LogP contribution in [0.3, 0.4) is 0 Å². The van der Waals surface area contributed by atoms with E-state index in [1.165, 1.54) is 11.8 Å². The van der Waals surface area contributed by atoms with E-state index in [1.54, 1.807) is 0 Å². The number of carbonyl (C=O) groups excluding carboxylic acids is 1. The van der Waals surface area contributed by atoms with Crippen LogP contribution >= 0.6 is 23.4 Å². The fourth-order valence-electron chi connectivity index (χ4n) is 3.43. The molecule has 1 aliphatic heterocycles. The summed E-state index contributed by atoms with van der Waals surface area (Å²) in [6.45, 7) is 1.37. The Labute approximate surface area is 182 Å². The average Bonchev–Trinajstić information content (AvgIpc) is 2.70. The van der Waals surface area contributed by atoms with E-state index in [0.717, 1.165) is 39.6 Å². The molecular weight excluding hydrogens is 426 g/mol. The lowest BCUT2D eigenvalue weighted by atomic mass is 9.94. The molecule has 0 bridgehead atoms. The molecule has 0 fully saturated rings. The second kappa shape index (κ2) is 9.03. The third-order valence-electron chi connectivity index (χ3n) is 4.67. The Morgan fingerprint density at radius 3 is 2.87 bits per heavy atom. The van der Waals surface area contributed by atoms with Gasteiger partial charge in [0, 0.05) is 11.3 Å². The number of nitrogens with zero attached hydrogens (tertiary/aromatic N) is 3. The third-order valence-corrected chi connectivity index (χ3v) is 5.90. The van der Waals surface area contributed by atoms with Crippen molar-refractivity contribution in [2.45, 2.75) is 31.2 Å². The number of rotatable bonds is 7. The van der Waals surface area contributed by atoms with Crippen LogP contribution in [0.5, 0.6) is 0 Å². The summed E-state index contributed by atoms with van der Waals surface area (Å²) in [6.07, 6.45) is 0.745. The normalized spacial score (nSPS) is 12.8. The number of ether oxygens (including phenoxy) is 2. The lowest BCUT2D eigenvalue weighted by Crippen LogP contribution is -2.13. The first-order valence-electron chi connectivity index (χ1n) is 9.40. The summed E-state index contributed by atoms with van der Waals surface area (Å²) in [5, 5.41) is 3.17. The number of thioether (sulfide) groups is 1. The molecule has 0 saturated heterocycles. The van der Waals surface area contributed by atoms with Gasteiger partial charge in [0.05, 0.1) is 24.8 Å². The number of primary amides is 1.